The van der Waals surface area contributed by atoms with E-state index >= 15 is 0 Å². The van der Waals surface area contributed by atoms with E-state index < -0.39 is 0 Å². The van der Waals surface area contributed by atoms with Crippen molar-refractivity contribution in [3.63, 3.8) is 0 Å². The molecule has 7 nitrogen and oxygen atoms in total. The Morgan fingerprint density at radius 3 is 1.51 bits per heavy atom. The lowest BCUT2D eigenvalue weighted by atomic mass is 9.99. The largest absolute Gasteiger partial charge is 0.462 e. The molecule has 7 heteroatoms. The fourth-order valence-electron chi connectivity index (χ4n) is 5.90. The van der Waals surface area contributed by atoms with Crippen molar-refractivity contribution in [3.8, 4) is 0 Å². The molecule has 4 fully saturated rings. The van der Waals surface area contributed by atoms with Gasteiger partial charge in [-0.2, -0.15) is 0 Å². The average molecular weight is 551 g/mol. The zero-order valence-corrected chi connectivity index (χ0v) is 23.8. The number of hydrogen-bond acceptors (Lipinski definition) is 7. The van der Waals surface area contributed by atoms with E-state index in [0.717, 1.165) is 76.2 Å². The molecule has 0 aromatic rings. The quantitative estimate of drug-likeness (QED) is 0.220. The lowest BCUT2D eigenvalue weighted by molar-refractivity contribution is -0.145. The van der Waals surface area contributed by atoms with E-state index in [1.165, 1.54) is 18.4 Å². The highest BCUT2D eigenvalue weighted by Crippen LogP contribution is 2.34. The standard InChI is InChI=1S/C16H26O3.C15H24O4.CH4/c1-4-5-6-13-9-11(2)15(18-13)8-7-14-10-12(3)16(17)19-14;1-10-8-12(4-3-7-16)18-14(10)6-5-13-9-11(2)15(17)19-13;/h12-15H,2,4-10H2,1,3H3;11-14,16H,1,3-9H2,2H3;1H4/t12-,13+,14?,15+;11-,12+,13?,14+;/m11./s1. The second-order valence-electron chi connectivity index (χ2n) is 11.8. The average Bonchev–Trinajstić information content (AvgIpc) is 3.61. The van der Waals surface area contributed by atoms with Crippen LogP contribution in [0, 0.1) is 11.8 Å². The van der Waals surface area contributed by atoms with Crippen LogP contribution in [0.1, 0.15) is 112 Å². The van der Waals surface area contributed by atoms with Gasteiger partial charge >= 0.3 is 11.9 Å². The molecule has 0 spiro atoms. The number of rotatable bonds is 12. The maximum atomic E-state index is 11.3. The van der Waals surface area contributed by atoms with Gasteiger partial charge in [0, 0.05) is 6.61 Å². The van der Waals surface area contributed by atoms with Crippen LogP contribution >= 0.6 is 0 Å². The number of aliphatic hydroxyl groups is 1. The summed E-state index contributed by atoms with van der Waals surface area (Å²) in [4.78, 5) is 22.7. The van der Waals surface area contributed by atoms with Gasteiger partial charge in [-0.05, 0) is 81.8 Å². The molecule has 4 saturated heterocycles. The zero-order chi connectivity index (χ0) is 27.7. The molecule has 0 bridgehead atoms. The molecule has 39 heavy (non-hydrogen) atoms. The summed E-state index contributed by atoms with van der Waals surface area (Å²) >= 11 is 0. The van der Waals surface area contributed by atoms with E-state index in [1.807, 2.05) is 13.8 Å². The van der Waals surface area contributed by atoms with Gasteiger partial charge in [-0.3, -0.25) is 9.59 Å². The second-order valence-corrected chi connectivity index (χ2v) is 11.8. The lowest BCUT2D eigenvalue weighted by Crippen LogP contribution is -2.15. The third-order valence-electron chi connectivity index (χ3n) is 8.27. The molecule has 8 atom stereocenters. The Bertz CT molecular complexity index is 742. The number of cyclic esters (lactones) is 2. The van der Waals surface area contributed by atoms with E-state index in [1.54, 1.807) is 0 Å². The Labute approximate surface area is 236 Å². The minimum Gasteiger partial charge on any atom is -0.462 e. The highest BCUT2D eigenvalue weighted by atomic mass is 16.6. The number of esters is 2. The molecule has 0 radical (unpaired) electrons. The zero-order valence-electron chi connectivity index (χ0n) is 23.8. The van der Waals surface area contributed by atoms with Crippen LogP contribution in [-0.2, 0) is 28.5 Å². The first-order valence-electron chi connectivity index (χ1n) is 14.9. The third-order valence-corrected chi connectivity index (χ3v) is 8.27. The molecular weight excluding hydrogens is 496 g/mol. The Morgan fingerprint density at radius 1 is 0.718 bits per heavy atom. The molecular formula is C32H54O7. The molecule has 4 rings (SSSR count). The van der Waals surface area contributed by atoms with Crippen molar-refractivity contribution in [2.45, 2.75) is 148 Å². The van der Waals surface area contributed by atoms with Gasteiger partial charge < -0.3 is 24.1 Å². The third kappa shape index (κ3) is 10.3. The number of carbonyl (C=O) groups is 2. The van der Waals surface area contributed by atoms with Crippen molar-refractivity contribution in [3.05, 3.63) is 24.3 Å². The summed E-state index contributed by atoms with van der Waals surface area (Å²) in [6, 6.07) is 0. The van der Waals surface area contributed by atoms with Gasteiger partial charge in [0.25, 0.3) is 0 Å². The predicted molar refractivity (Wildman–Crippen MR) is 153 cm³/mol. The predicted octanol–water partition coefficient (Wildman–Crippen LogP) is 6.46. The van der Waals surface area contributed by atoms with Crippen molar-refractivity contribution < 1.29 is 33.6 Å². The summed E-state index contributed by atoms with van der Waals surface area (Å²) in [5.41, 5.74) is 2.36. The molecule has 0 aliphatic carbocycles. The number of carbonyl (C=O) groups excluding carboxylic acids is 2. The number of hydrogen-bond donors (Lipinski definition) is 1. The van der Waals surface area contributed by atoms with Crippen molar-refractivity contribution in [1.29, 1.82) is 0 Å². The van der Waals surface area contributed by atoms with Crippen LogP contribution < -0.4 is 0 Å². The molecule has 4 aliphatic heterocycles. The summed E-state index contributed by atoms with van der Waals surface area (Å²) < 4.78 is 22.6. The second kappa shape index (κ2) is 16.5. The van der Waals surface area contributed by atoms with E-state index in [-0.39, 0.29) is 68.3 Å². The first-order chi connectivity index (χ1) is 18.2. The summed E-state index contributed by atoms with van der Waals surface area (Å²) in [7, 11) is 0. The summed E-state index contributed by atoms with van der Waals surface area (Å²) in [5.74, 6) is -0.0148. The Hall–Kier alpha value is -1.70. The highest BCUT2D eigenvalue weighted by Gasteiger charge is 2.35. The van der Waals surface area contributed by atoms with Crippen LogP contribution in [0.5, 0.6) is 0 Å². The molecule has 0 amide bonds. The molecule has 1 N–H and O–H groups in total. The topological polar surface area (TPSA) is 91.3 Å². The fourth-order valence-corrected chi connectivity index (χ4v) is 5.90. The molecule has 224 valence electrons. The van der Waals surface area contributed by atoms with Crippen molar-refractivity contribution >= 4 is 11.9 Å². The summed E-state index contributed by atoms with van der Waals surface area (Å²) in [5, 5.41) is 8.83. The van der Waals surface area contributed by atoms with Gasteiger partial charge in [0.2, 0.25) is 0 Å². The minimum atomic E-state index is -0.0722. The van der Waals surface area contributed by atoms with E-state index in [4.69, 9.17) is 24.1 Å². The smallest absolute Gasteiger partial charge is 0.309 e. The van der Waals surface area contributed by atoms with Gasteiger partial charge in [-0.15, -0.1) is 0 Å². The van der Waals surface area contributed by atoms with E-state index in [0.29, 0.717) is 6.10 Å². The van der Waals surface area contributed by atoms with Crippen LogP contribution in [0.2, 0.25) is 0 Å². The maximum absolute atomic E-state index is 11.3. The molecule has 4 aliphatic rings. The monoisotopic (exact) mass is 550 g/mol. The van der Waals surface area contributed by atoms with Gasteiger partial charge in [0.05, 0.1) is 36.3 Å². The summed E-state index contributed by atoms with van der Waals surface area (Å²) in [6.07, 6.45) is 13.4. The SMILES string of the molecule is C.C=C1C[C@H](CCCC)O[C@H]1CCC1C[C@@H](C)C(=O)O1.C=C1C[C@H](CCCO)O[C@H]1CCC1C[C@@H](C)C(=O)O1. The van der Waals surface area contributed by atoms with Crippen molar-refractivity contribution in [2.24, 2.45) is 11.8 Å². The Balaban J connectivity index is 0.000000267. The molecule has 0 aromatic heterocycles. The van der Waals surface area contributed by atoms with Crippen LogP contribution in [0.15, 0.2) is 24.3 Å². The first kappa shape index (κ1) is 33.5. The number of ether oxygens (including phenoxy) is 4. The van der Waals surface area contributed by atoms with Crippen molar-refractivity contribution in [2.75, 3.05) is 6.61 Å². The van der Waals surface area contributed by atoms with Crippen LogP contribution in [-0.4, -0.2) is 60.3 Å². The number of aliphatic hydroxyl groups excluding tert-OH is 1. The Kier molecular flexibility index (Phi) is 14.2. The van der Waals surface area contributed by atoms with E-state index in [2.05, 4.69) is 20.1 Å². The van der Waals surface area contributed by atoms with E-state index in [9.17, 15) is 9.59 Å². The minimum absolute atomic E-state index is 0. The molecule has 2 unspecified atom stereocenters. The summed E-state index contributed by atoms with van der Waals surface area (Å²) in [6.45, 7) is 14.5. The molecule has 4 heterocycles. The highest BCUT2D eigenvalue weighted by molar-refractivity contribution is 5.74. The van der Waals surface area contributed by atoms with Gasteiger partial charge in [-0.1, -0.05) is 54.2 Å². The van der Waals surface area contributed by atoms with Gasteiger partial charge in [0.15, 0.2) is 0 Å². The van der Waals surface area contributed by atoms with Crippen LogP contribution in [0.3, 0.4) is 0 Å². The maximum Gasteiger partial charge on any atom is 0.309 e. The van der Waals surface area contributed by atoms with Crippen molar-refractivity contribution in [1.82, 2.24) is 0 Å². The van der Waals surface area contributed by atoms with Gasteiger partial charge in [-0.25, -0.2) is 0 Å². The fraction of sp³-hybridized carbons (Fsp3) is 0.812. The van der Waals surface area contributed by atoms with Crippen LogP contribution in [0.4, 0.5) is 0 Å². The molecule has 0 saturated carbocycles. The number of unbranched alkanes of at least 4 members (excludes halogenated alkanes) is 1. The van der Waals surface area contributed by atoms with Crippen LogP contribution in [0.25, 0.3) is 0 Å². The normalized spacial score (nSPS) is 33.9. The lowest BCUT2D eigenvalue weighted by Gasteiger charge is -2.15. The Morgan fingerprint density at radius 2 is 1.15 bits per heavy atom. The van der Waals surface area contributed by atoms with Gasteiger partial charge in [0.1, 0.15) is 12.2 Å². The first-order valence-corrected chi connectivity index (χ1v) is 14.9. The molecule has 0 aromatic carbocycles.